The highest BCUT2D eigenvalue weighted by molar-refractivity contribution is 7.80. The molecule has 0 bridgehead atoms. The molecule has 0 aromatic carbocycles. The van der Waals surface area contributed by atoms with Gasteiger partial charge in [0.25, 0.3) is 0 Å². The summed E-state index contributed by atoms with van der Waals surface area (Å²) in [5.41, 5.74) is 4.83. The SMILES string of the molecule is CCCNC(=O)CNC(=O)C1(C(N)=S)CCOCC1. The molecule has 7 heteroatoms. The van der Waals surface area contributed by atoms with Crippen LogP contribution in [0.25, 0.3) is 0 Å². The first-order chi connectivity index (χ1) is 9.03. The summed E-state index contributed by atoms with van der Waals surface area (Å²) in [6.45, 7) is 3.41. The first-order valence-corrected chi connectivity index (χ1v) is 6.86. The zero-order chi connectivity index (χ0) is 14.3. The number of ether oxygens (including phenoxy) is 1. The highest BCUT2D eigenvalue weighted by atomic mass is 32.1. The van der Waals surface area contributed by atoms with Crippen LogP contribution < -0.4 is 16.4 Å². The molecule has 0 aliphatic carbocycles. The van der Waals surface area contributed by atoms with Crippen molar-refractivity contribution in [3.63, 3.8) is 0 Å². The number of thiocarbonyl (C=S) groups is 1. The summed E-state index contributed by atoms with van der Waals surface area (Å²) in [5.74, 6) is -0.490. The zero-order valence-corrected chi connectivity index (χ0v) is 12.0. The molecule has 4 N–H and O–H groups in total. The van der Waals surface area contributed by atoms with Gasteiger partial charge in [0.1, 0.15) is 5.41 Å². The number of nitrogens with two attached hydrogens (primary N) is 1. The van der Waals surface area contributed by atoms with Gasteiger partial charge < -0.3 is 21.1 Å². The van der Waals surface area contributed by atoms with Crippen molar-refractivity contribution >= 4 is 29.0 Å². The smallest absolute Gasteiger partial charge is 0.239 e. The van der Waals surface area contributed by atoms with Gasteiger partial charge in [-0.25, -0.2) is 0 Å². The summed E-state index contributed by atoms with van der Waals surface area (Å²) in [6.07, 6.45) is 1.78. The molecule has 0 saturated carbocycles. The molecule has 1 saturated heterocycles. The Labute approximate surface area is 118 Å². The third kappa shape index (κ3) is 4.14. The lowest BCUT2D eigenvalue weighted by molar-refractivity contribution is -0.133. The van der Waals surface area contributed by atoms with Crippen molar-refractivity contribution in [2.75, 3.05) is 26.3 Å². The zero-order valence-electron chi connectivity index (χ0n) is 11.2. The standard InChI is InChI=1S/C12H21N3O3S/c1-2-5-14-9(16)8-15-11(17)12(10(13)19)3-6-18-7-4-12/h2-8H2,1H3,(H2,13,19)(H,14,16)(H,15,17). The van der Waals surface area contributed by atoms with Crippen LogP contribution in [-0.2, 0) is 14.3 Å². The van der Waals surface area contributed by atoms with Gasteiger partial charge in [0.2, 0.25) is 11.8 Å². The Bertz CT molecular complexity index is 354. The minimum absolute atomic E-state index is 0.0515. The van der Waals surface area contributed by atoms with Crippen LogP contribution in [0, 0.1) is 5.41 Å². The molecular weight excluding hydrogens is 266 g/mol. The van der Waals surface area contributed by atoms with E-state index in [-0.39, 0.29) is 23.3 Å². The molecule has 2 amide bonds. The number of nitrogens with one attached hydrogen (secondary N) is 2. The van der Waals surface area contributed by atoms with Crippen LogP contribution in [0.1, 0.15) is 26.2 Å². The van der Waals surface area contributed by atoms with Crippen molar-refractivity contribution in [3.8, 4) is 0 Å². The Hall–Kier alpha value is -1.21. The molecule has 0 aromatic rings. The number of hydrogen-bond donors (Lipinski definition) is 3. The lowest BCUT2D eigenvalue weighted by Crippen LogP contribution is -2.53. The molecule has 0 radical (unpaired) electrons. The minimum Gasteiger partial charge on any atom is -0.392 e. The summed E-state index contributed by atoms with van der Waals surface area (Å²) < 4.78 is 5.23. The molecule has 1 fully saturated rings. The molecule has 1 aliphatic heterocycles. The third-order valence-corrected chi connectivity index (χ3v) is 3.63. The normalized spacial score (nSPS) is 17.5. The highest BCUT2D eigenvalue weighted by Gasteiger charge is 2.42. The van der Waals surface area contributed by atoms with Gasteiger partial charge in [-0.3, -0.25) is 9.59 Å². The average Bonchev–Trinajstić information content (AvgIpc) is 2.42. The van der Waals surface area contributed by atoms with Crippen molar-refractivity contribution in [1.82, 2.24) is 10.6 Å². The Balaban J connectivity index is 2.54. The summed E-state index contributed by atoms with van der Waals surface area (Å²) in [7, 11) is 0. The maximum absolute atomic E-state index is 12.2. The van der Waals surface area contributed by atoms with Crippen LogP contribution in [-0.4, -0.2) is 43.1 Å². The second-order valence-electron chi connectivity index (χ2n) is 4.59. The predicted molar refractivity (Wildman–Crippen MR) is 75.6 cm³/mol. The van der Waals surface area contributed by atoms with Crippen molar-refractivity contribution in [3.05, 3.63) is 0 Å². The maximum atomic E-state index is 12.2. The summed E-state index contributed by atoms with van der Waals surface area (Å²) in [5, 5.41) is 5.30. The average molecular weight is 287 g/mol. The summed E-state index contributed by atoms with van der Waals surface area (Å²) in [4.78, 5) is 23.8. The lowest BCUT2D eigenvalue weighted by Gasteiger charge is -2.34. The van der Waals surface area contributed by atoms with Crippen molar-refractivity contribution in [1.29, 1.82) is 0 Å². The fraction of sp³-hybridized carbons (Fsp3) is 0.750. The van der Waals surface area contributed by atoms with Gasteiger partial charge in [0.15, 0.2) is 0 Å². The van der Waals surface area contributed by atoms with Gasteiger partial charge in [0.05, 0.1) is 11.5 Å². The first-order valence-electron chi connectivity index (χ1n) is 6.45. The fourth-order valence-corrected chi connectivity index (χ4v) is 2.26. The largest absolute Gasteiger partial charge is 0.392 e. The van der Waals surface area contributed by atoms with Crippen LogP contribution >= 0.6 is 12.2 Å². The van der Waals surface area contributed by atoms with E-state index in [0.717, 1.165) is 6.42 Å². The quantitative estimate of drug-likeness (QED) is 0.584. The number of hydrogen-bond acceptors (Lipinski definition) is 4. The van der Waals surface area contributed by atoms with Gasteiger partial charge in [-0.05, 0) is 19.3 Å². The first kappa shape index (κ1) is 15.8. The molecule has 1 aliphatic rings. The molecule has 0 aromatic heterocycles. The molecule has 0 unspecified atom stereocenters. The van der Waals surface area contributed by atoms with E-state index >= 15 is 0 Å². The van der Waals surface area contributed by atoms with E-state index in [4.69, 9.17) is 22.7 Å². The predicted octanol–water partition coefficient (Wildman–Crippen LogP) is -0.288. The van der Waals surface area contributed by atoms with Gasteiger partial charge in [-0.15, -0.1) is 0 Å². The van der Waals surface area contributed by atoms with Crippen molar-refractivity contribution in [2.24, 2.45) is 11.1 Å². The molecule has 19 heavy (non-hydrogen) atoms. The van der Waals surface area contributed by atoms with Crippen LogP contribution in [0.5, 0.6) is 0 Å². The van der Waals surface area contributed by atoms with Crippen molar-refractivity contribution in [2.45, 2.75) is 26.2 Å². The van der Waals surface area contributed by atoms with Gasteiger partial charge in [-0.1, -0.05) is 19.1 Å². The van der Waals surface area contributed by atoms with Crippen LogP contribution in [0.4, 0.5) is 0 Å². The second-order valence-corrected chi connectivity index (χ2v) is 5.03. The Kier molecular flexibility index (Phi) is 6.17. The molecule has 0 spiro atoms. The topological polar surface area (TPSA) is 93.5 Å². The number of carbonyl (C=O) groups is 2. The van der Waals surface area contributed by atoms with E-state index in [1.165, 1.54) is 0 Å². The fourth-order valence-electron chi connectivity index (χ4n) is 1.96. The molecule has 108 valence electrons. The molecule has 1 rings (SSSR count). The van der Waals surface area contributed by atoms with Crippen LogP contribution in [0.3, 0.4) is 0 Å². The Morgan fingerprint density at radius 1 is 1.32 bits per heavy atom. The second kappa shape index (κ2) is 7.40. The molecular formula is C12H21N3O3S. The summed E-state index contributed by atoms with van der Waals surface area (Å²) in [6, 6.07) is 0. The van der Waals surface area contributed by atoms with E-state index in [0.29, 0.717) is 32.6 Å². The van der Waals surface area contributed by atoms with Crippen molar-refractivity contribution < 1.29 is 14.3 Å². The minimum atomic E-state index is -0.876. The van der Waals surface area contributed by atoms with Crippen LogP contribution in [0.2, 0.25) is 0 Å². The molecule has 6 nitrogen and oxygen atoms in total. The van der Waals surface area contributed by atoms with E-state index in [9.17, 15) is 9.59 Å². The molecule has 1 heterocycles. The lowest BCUT2D eigenvalue weighted by atomic mass is 9.79. The van der Waals surface area contributed by atoms with Gasteiger partial charge in [0, 0.05) is 19.8 Å². The van der Waals surface area contributed by atoms with E-state index < -0.39 is 5.41 Å². The third-order valence-electron chi connectivity index (χ3n) is 3.23. The number of rotatable bonds is 6. The summed E-state index contributed by atoms with van der Waals surface area (Å²) >= 11 is 5.01. The number of amides is 2. The van der Waals surface area contributed by atoms with Gasteiger partial charge in [-0.2, -0.15) is 0 Å². The maximum Gasteiger partial charge on any atom is 0.239 e. The van der Waals surface area contributed by atoms with E-state index in [1.54, 1.807) is 0 Å². The highest BCUT2D eigenvalue weighted by Crippen LogP contribution is 2.31. The Morgan fingerprint density at radius 2 is 1.95 bits per heavy atom. The van der Waals surface area contributed by atoms with E-state index in [2.05, 4.69) is 10.6 Å². The van der Waals surface area contributed by atoms with E-state index in [1.807, 2.05) is 6.92 Å². The van der Waals surface area contributed by atoms with Crippen LogP contribution in [0.15, 0.2) is 0 Å². The number of carbonyl (C=O) groups excluding carboxylic acids is 2. The van der Waals surface area contributed by atoms with Gasteiger partial charge >= 0.3 is 0 Å². The monoisotopic (exact) mass is 287 g/mol. The molecule has 0 atom stereocenters. The Morgan fingerprint density at radius 3 is 2.47 bits per heavy atom.